The number of nitrogens with two attached hydrogens (primary N) is 1. The Hall–Kier alpha value is -2.62. The monoisotopic (exact) mass is 265 g/mol. The minimum absolute atomic E-state index is 0.656. The molecule has 100 valence electrons. The van der Waals surface area contributed by atoms with E-state index in [1.807, 2.05) is 36.4 Å². The summed E-state index contributed by atoms with van der Waals surface area (Å²) in [5.41, 5.74) is 12.8. The molecule has 1 aliphatic carbocycles. The fourth-order valence-electron chi connectivity index (χ4n) is 2.58. The van der Waals surface area contributed by atoms with Crippen molar-refractivity contribution in [3.05, 3.63) is 70.8 Å². The summed E-state index contributed by atoms with van der Waals surface area (Å²) in [5.74, 6) is 0. The molecule has 4 heteroatoms. The van der Waals surface area contributed by atoms with Crippen LogP contribution in [-0.4, -0.2) is 11.7 Å². The van der Waals surface area contributed by atoms with Gasteiger partial charge in [-0.05, 0) is 24.0 Å². The van der Waals surface area contributed by atoms with Gasteiger partial charge in [-0.1, -0.05) is 48.5 Å². The number of amides is 2. The van der Waals surface area contributed by atoms with Crippen molar-refractivity contribution in [1.82, 2.24) is 5.43 Å². The van der Waals surface area contributed by atoms with Gasteiger partial charge in [0, 0.05) is 11.1 Å². The number of carbonyl (C=O) groups excluding carboxylic acids is 1. The van der Waals surface area contributed by atoms with Crippen LogP contribution in [0, 0.1) is 0 Å². The van der Waals surface area contributed by atoms with Gasteiger partial charge >= 0.3 is 6.03 Å². The Balaban J connectivity index is 2.19. The maximum Gasteiger partial charge on any atom is 0.332 e. The van der Waals surface area contributed by atoms with Crippen LogP contribution in [0.3, 0.4) is 0 Å². The predicted molar refractivity (Wildman–Crippen MR) is 78.7 cm³/mol. The summed E-state index contributed by atoms with van der Waals surface area (Å²) < 4.78 is 0. The van der Waals surface area contributed by atoms with Crippen molar-refractivity contribution in [2.45, 2.75) is 12.8 Å². The van der Waals surface area contributed by atoms with Crippen LogP contribution in [0.4, 0.5) is 4.79 Å². The zero-order chi connectivity index (χ0) is 13.9. The lowest BCUT2D eigenvalue weighted by atomic mass is 9.98. The molecule has 0 aliphatic heterocycles. The molecule has 0 spiro atoms. The van der Waals surface area contributed by atoms with Crippen LogP contribution in [0.2, 0.25) is 0 Å². The number of nitrogens with one attached hydrogen (secondary N) is 1. The normalized spacial score (nSPS) is 12.9. The Morgan fingerprint density at radius 2 is 1.45 bits per heavy atom. The first kappa shape index (κ1) is 12.4. The third-order valence-electron chi connectivity index (χ3n) is 3.49. The van der Waals surface area contributed by atoms with E-state index in [0.29, 0.717) is 0 Å². The van der Waals surface area contributed by atoms with Gasteiger partial charge in [0.1, 0.15) is 0 Å². The molecule has 2 aromatic rings. The number of carbonyl (C=O) groups is 1. The number of hydrogen-bond acceptors (Lipinski definition) is 2. The van der Waals surface area contributed by atoms with E-state index >= 15 is 0 Å². The molecule has 0 unspecified atom stereocenters. The van der Waals surface area contributed by atoms with E-state index in [1.54, 1.807) is 0 Å². The number of primary amides is 1. The van der Waals surface area contributed by atoms with E-state index in [2.05, 4.69) is 22.7 Å². The summed E-state index contributed by atoms with van der Waals surface area (Å²) in [6.07, 6.45) is 1.92. The van der Waals surface area contributed by atoms with Crippen LogP contribution in [0.1, 0.15) is 22.3 Å². The van der Waals surface area contributed by atoms with E-state index < -0.39 is 6.03 Å². The average molecular weight is 265 g/mol. The molecular formula is C16H15N3O. The largest absolute Gasteiger partial charge is 0.350 e. The highest BCUT2D eigenvalue weighted by molar-refractivity contribution is 6.15. The maximum atomic E-state index is 11.0. The molecule has 3 N–H and O–H groups in total. The van der Waals surface area contributed by atoms with Gasteiger partial charge in [0.25, 0.3) is 0 Å². The van der Waals surface area contributed by atoms with Crippen LogP contribution < -0.4 is 11.2 Å². The Kier molecular flexibility index (Phi) is 3.21. The molecular weight excluding hydrogens is 250 g/mol. The minimum atomic E-state index is -0.656. The van der Waals surface area contributed by atoms with Crippen LogP contribution >= 0.6 is 0 Å². The zero-order valence-electron chi connectivity index (χ0n) is 11.0. The summed E-state index contributed by atoms with van der Waals surface area (Å²) in [6, 6.07) is 15.6. The number of nitrogens with zero attached hydrogens (tertiary/aromatic N) is 1. The number of hydrazone groups is 1. The van der Waals surface area contributed by atoms with Gasteiger partial charge in [0.15, 0.2) is 0 Å². The van der Waals surface area contributed by atoms with Crippen molar-refractivity contribution in [3.8, 4) is 0 Å². The first-order valence-electron chi connectivity index (χ1n) is 6.55. The van der Waals surface area contributed by atoms with Crippen molar-refractivity contribution in [1.29, 1.82) is 0 Å². The first-order valence-corrected chi connectivity index (χ1v) is 6.55. The standard InChI is InChI=1S/C16H15N3O/c17-16(20)19-18-15-13-7-3-1-5-11(13)9-10-12-6-2-4-8-14(12)15/h1-8H,9-10H2,(H3,17,19,20). The topological polar surface area (TPSA) is 67.5 Å². The quantitative estimate of drug-likeness (QED) is 0.763. The molecule has 0 fully saturated rings. The molecule has 0 atom stereocenters. The number of hydrogen-bond donors (Lipinski definition) is 2. The molecule has 0 radical (unpaired) electrons. The van der Waals surface area contributed by atoms with Gasteiger partial charge in [0.2, 0.25) is 0 Å². The minimum Gasteiger partial charge on any atom is -0.350 e. The number of benzene rings is 2. The van der Waals surface area contributed by atoms with E-state index in [-0.39, 0.29) is 0 Å². The van der Waals surface area contributed by atoms with Gasteiger partial charge in [0.05, 0.1) is 5.71 Å². The second kappa shape index (κ2) is 5.17. The van der Waals surface area contributed by atoms with Gasteiger partial charge in [-0.2, -0.15) is 5.10 Å². The van der Waals surface area contributed by atoms with Crippen LogP contribution in [-0.2, 0) is 12.8 Å². The molecule has 0 saturated carbocycles. The summed E-state index contributed by atoms with van der Waals surface area (Å²) in [7, 11) is 0. The van der Waals surface area contributed by atoms with Gasteiger partial charge in [-0.25, -0.2) is 10.2 Å². The molecule has 0 saturated heterocycles. The summed E-state index contributed by atoms with van der Waals surface area (Å²) in [5, 5.41) is 4.22. The molecule has 0 heterocycles. The zero-order valence-corrected chi connectivity index (χ0v) is 11.0. The highest BCUT2D eigenvalue weighted by Crippen LogP contribution is 2.24. The highest BCUT2D eigenvalue weighted by Gasteiger charge is 2.18. The smallest absolute Gasteiger partial charge is 0.332 e. The maximum absolute atomic E-state index is 11.0. The van der Waals surface area contributed by atoms with E-state index in [9.17, 15) is 4.79 Å². The van der Waals surface area contributed by atoms with E-state index in [4.69, 9.17) is 5.73 Å². The molecule has 0 aromatic heterocycles. The van der Waals surface area contributed by atoms with Crippen molar-refractivity contribution in [2.75, 3.05) is 0 Å². The van der Waals surface area contributed by atoms with E-state index in [0.717, 1.165) is 29.7 Å². The third kappa shape index (κ3) is 2.28. The summed E-state index contributed by atoms with van der Waals surface area (Å²) >= 11 is 0. The number of urea groups is 1. The molecule has 4 nitrogen and oxygen atoms in total. The fraction of sp³-hybridized carbons (Fsp3) is 0.125. The lowest BCUT2D eigenvalue weighted by molar-refractivity contribution is 0.249. The molecule has 1 aliphatic rings. The van der Waals surface area contributed by atoms with Crippen LogP contribution in [0.25, 0.3) is 0 Å². The average Bonchev–Trinajstić information content (AvgIpc) is 2.62. The molecule has 2 aromatic carbocycles. The molecule has 20 heavy (non-hydrogen) atoms. The van der Waals surface area contributed by atoms with Gasteiger partial charge in [-0.15, -0.1) is 0 Å². The summed E-state index contributed by atoms with van der Waals surface area (Å²) in [4.78, 5) is 11.0. The van der Waals surface area contributed by atoms with Crippen molar-refractivity contribution in [3.63, 3.8) is 0 Å². The number of fused-ring (bicyclic) bond motifs is 2. The Bertz CT molecular complexity index is 642. The van der Waals surface area contributed by atoms with Gasteiger partial charge in [-0.3, -0.25) is 0 Å². The Labute approximate surface area is 117 Å². The first-order chi connectivity index (χ1) is 9.75. The third-order valence-corrected chi connectivity index (χ3v) is 3.49. The second-order valence-electron chi connectivity index (χ2n) is 4.75. The second-order valence-corrected chi connectivity index (χ2v) is 4.75. The van der Waals surface area contributed by atoms with Crippen LogP contribution in [0.5, 0.6) is 0 Å². The lowest BCUT2D eigenvalue weighted by Crippen LogP contribution is -2.26. The Morgan fingerprint density at radius 3 is 1.95 bits per heavy atom. The SMILES string of the molecule is NC(=O)NN=C1c2ccccc2CCc2ccccc21. The molecule has 3 rings (SSSR count). The number of aryl methyl sites for hydroxylation is 2. The number of rotatable bonds is 1. The van der Waals surface area contributed by atoms with Crippen molar-refractivity contribution >= 4 is 11.7 Å². The molecule has 0 bridgehead atoms. The van der Waals surface area contributed by atoms with Crippen molar-refractivity contribution < 1.29 is 4.79 Å². The van der Waals surface area contributed by atoms with Crippen LogP contribution in [0.15, 0.2) is 53.6 Å². The van der Waals surface area contributed by atoms with E-state index in [1.165, 1.54) is 11.1 Å². The molecule has 2 amide bonds. The predicted octanol–water partition coefficient (Wildman–Crippen LogP) is 2.21. The lowest BCUT2D eigenvalue weighted by Gasteiger charge is -2.10. The highest BCUT2D eigenvalue weighted by atomic mass is 16.2. The Morgan fingerprint density at radius 1 is 0.950 bits per heavy atom. The van der Waals surface area contributed by atoms with Crippen molar-refractivity contribution in [2.24, 2.45) is 10.8 Å². The van der Waals surface area contributed by atoms with Gasteiger partial charge < -0.3 is 5.73 Å². The summed E-state index contributed by atoms with van der Waals surface area (Å²) in [6.45, 7) is 0. The fourth-order valence-corrected chi connectivity index (χ4v) is 2.58.